The van der Waals surface area contributed by atoms with Crippen LogP contribution in [0.15, 0.2) is 22.9 Å². The van der Waals surface area contributed by atoms with E-state index < -0.39 is 70.0 Å². The molecule has 2 aliphatic rings. The molecule has 0 bridgehead atoms. The first kappa shape index (κ1) is 27.1. The number of aromatic nitrogens is 1. The van der Waals surface area contributed by atoms with E-state index in [4.69, 9.17) is 21.0 Å². The Bertz CT molecular complexity index is 1210. The Balaban J connectivity index is 1.86. The van der Waals surface area contributed by atoms with Crippen molar-refractivity contribution in [1.82, 2.24) is 19.5 Å². The van der Waals surface area contributed by atoms with Gasteiger partial charge in [0.05, 0.1) is 12.6 Å². The highest BCUT2D eigenvalue weighted by molar-refractivity contribution is 7.84. The van der Waals surface area contributed by atoms with Crippen LogP contribution >= 0.6 is 11.3 Å². The lowest BCUT2D eigenvalue weighted by atomic mass is 9.97. The topological polar surface area (TPSA) is 240 Å². The fraction of sp³-hybridized carbons (Fsp3) is 0.500. The van der Waals surface area contributed by atoms with Crippen molar-refractivity contribution in [1.29, 1.82) is 0 Å². The van der Waals surface area contributed by atoms with Gasteiger partial charge < -0.3 is 36.4 Å². The van der Waals surface area contributed by atoms with Crippen LogP contribution in [0.2, 0.25) is 0 Å². The van der Waals surface area contributed by atoms with Crippen LogP contribution in [0.3, 0.4) is 0 Å². The first-order chi connectivity index (χ1) is 16.7. The summed E-state index contributed by atoms with van der Waals surface area (Å²) in [6.45, 7) is 5.83. The molecule has 2 aliphatic heterocycles. The van der Waals surface area contributed by atoms with Crippen LogP contribution in [0.5, 0.6) is 0 Å². The Hall–Kier alpha value is -3.48. The van der Waals surface area contributed by atoms with E-state index in [9.17, 15) is 32.5 Å². The zero-order valence-corrected chi connectivity index (χ0v) is 20.8. The van der Waals surface area contributed by atoms with Gasteiger partial charge in [-0.3, -0.25) is 14.1 Å². The van der Waals surface area contributed by atoms with Crippen molar-refractivity contribution in [2.45, 2.75) is 37.6 Å². The Kier molecular flexibility index (Phi) is 7.44. The van der Waals surface area contributed by atoms with Gasteiger partial charge in [-0.2, -0.15) is 8.42 Å². The number of nitrogens with two attached hydrogens (primary N) is 2. The fourth-order valence-corrected chi connectivity index (χ4v) is 4.66. The molecule has 16 nitrogen and oxygen atoms in total. The monoisotopic (exact) mass is 547 g/mol. The number of oxime groups is 1. The maximum atomic E-state index is 13.1. The van der Waals surface area contributed by atoms with Crippen LogP contribution in [0.25, 0.3) is 0 Å². The molecule has 1 aromatic heterocycles. The van der Waals surface area contributed by atoms with Crippen molar-refractivity contribution in [2.24, 2.45) is 10.9 Å². The van der Waals surface area contributed by atoms with Crippen molar-refractivity contribution in [2.75, 3.05) is 25.4 Å². The number of β-lactam (4-membered cyclic amide) rings is 1. The maximum absolute atomic E-state index is 13.1. The van der Waals surface area contributed by atoms with Gasteiger partial charge in [-0.15, -0.1) is 11.3 Å². The molecule has 0 aromatic carbocycles. The Labute approximate surface area is 209 Å². The predicted octanol–water partition coefficient (Wildman–Crippen LogP) is -1.43. The van der Waals surface area contributed by atoms with E-state index in [2.05, 4.69) is 22.0 Å². The molecule has 0 radical (unpaired) electrons. The van der Waals surface area contributed by atoms with Gasteiger partial charge in [0.15, 0.2) is 16.4 Å². The molecule has 36 heavy (non-hydrogen) atoms. The van der Waals surface area contributed by atoms with Crippen molar-refractivity contribution >= 4 is 50.4 Å². The smallest absolute Gasteiger partial charge is 0.410 e. The van der Waals surface area contributed by atoms with E-state index in [0.717, 1.165) is 16.2 Å². The summed E-state index contributed by atoms with van der Waals surface area (Å²) < 4.78 is 38.2. The second-order valence-corrected chi connectivity index (χ2v) is 10.5. The van der Waals surface area contributed by atoms with Gasteiger partial charge in [0.2, 0.25) is 0 Å². The normalized spacial score (nSPS) is 22.8. The highest BCUT2D eigenvalue weighted by atomic mass is 32.2. The molecule has 2 fully saturated rings. The number of carbonyl (C=O) groups excluding carboxylic acids is 3. The quantitative estimate of drug-likeness (QED) is 0.0745. The summed E-state index contributed by atoms with van der Waals surface area (Å²) in [6, 6.07) is -2.84. The van der Waals surface area contributed by atoms with Crippen LogP contribution < -0.4 is 16.8 Å². The lowest BCUT2D eigenvalue weighted by Crippen LogP contribution is -2.74. The van der Waals surface area contributed by atoms with E-state index in [-0.39, 0.29) is 28.2 Å². The first-order valence-corrected chi connectivity index (χ1v) is 12.6. The SMILES string of the molecule is C=C(O)C(C)(C)O/N=C(\C(=O)N[C@@H]1C(=O)N(S(=O)(=O)O)[C@@H]1CN1C[C@@H](CN)OC1=O)c1csc(N)n1. The minimum Gasteiger partial charge on any atom is -0.509 e. The number of ether oxygens (including phenoxy) is 1. The van der Waals surface area contributed by atoms with Crippen LogP contribution in [-0.2, 0) is 29.5 Å². The minimum absolute atomic E-state index is 0.0127. The molecule has 0 spiro atoms. The third kappa shape index (κ3) is 5.50. The maximum Gasteiger partial charge on any atom is 0.410 e. The van der Waals surface area contributed by atoms with Crippen LogP contribution in [0, 0.1) is 0 Å². The number of thiazole rings is 1. The fourth-order valence-electron chi connectivity index (χ4n) is 3.24. The summed E-state index contributed by atoms with van der Waals surface area (Å²) in [7, 11) is -5.01. The molecule has 0 aliphatic carbocycles. The third-order valence-corrected chi connectivity index (χ3v) is 6.99. The van der Waals surface area contributed by atoms with E-state index in [1.165, 1.54) is 19.2 Å². The molecule has 7 N–H and O–H groups in total. The number of hydrogen-bond donors (Lipinski definition) is 5. The largest absolute Gasteiger partial charge is 0.509 e. The van der Waals surface area contributed by atoms with Crippen LogP contribution in [0.1, 0.15) is 19.5 Å². The molecule has 3 rings (SSSR count). The number of nitrogens with one attached hydrogen (secondary N) is 1. The number of aliphatic hydroxyl groups excluding tert-OH is 1. The summed E-state index contributed by atoms with van der Waals surface area (Å²) in [5.74, 6) is -2.56. The number of rotatable bonds is 10. The van der Waals surface area contributed by atoms with E-state index in [0.29, 0.717) is 0 Å². The van der Waals surface area contributed by atoms with Crippen LogP contribution in [0.4, 0.5) is 9.93 Å². The zero-order chi connectivity index (χ0) is 27.0. The molecule has 0 unspecified atom stereocenters. The summed E-state index contributed by atoms with van der Waals surface area (Å²) in [6.07, 6.45) is -1.44. The minimum atomic E-state index is -5.01. The Morgan fingerprint density at radius 2 is 2.14 bits per heavy atom. The summed E-state index contributed by atoms with van der Waals surface area (Å²) >= 11 is 0.985. The number of carbonyl (C=O) groups is 3. The number of aliphatic hydroxyl groups is 1. The molecule has 0 saturated carbocycles. The van der Waals surface area contributed by atoms with E-state index in [1.807, 2.05) is 0 Å². The standard InChI is InChI=1S/C18H25N7O9S2/c1-8(26)18(2,3)34-23-12(10-7-35-16(20)21-10)14(27)22-13-11(25(15(13)28)36(30,31)32)6-24-5-9(4-19)33-17(24)29/h7,9,11,13,26H,1,4-6,19H2,2-3H3,(H2,20,21)(H,22,27)(H,30,31,32)/b23-12-/t9-,11-,13+/m1/s1. The predicted molar refractivity (Wildman–Crippen MR) is 125 cm³/mol. The molecular formula is C18H25N7O9S2. The average molecular weight is 548 g/mol. The summed E-state index contributed by atoms with van der Waals surface area (Å²) in [5.41, 5.74) is 9.25. The van der Waals surface area contributed by atoms with Gasteiger partial charge in [-0.1, -0.05) is 11.7 Å². The number of amides is 3. The summed E-state index contributed by atoms with van der Waals surface area (Å²) in [4.78, 5) is 48.0. The molecule has 18 heteroatoms. The summed E-state index contributed by atoms with van der Waals surface area (Å²) in [5, 5.41) is 17.2. The second kappa shape index (κ2) is 9.88. The number of nitrogen functional groups attached to an aromatic ring is 1. The zero-order valence-electron chi connectivity index (χ0n) is 19.2. The van der Waals surface area contributed by atoms with E-state index in [1.54, 1.807) is 0 Å². The Morgan fingerprint density at radius 3 is 2.64 bits per heavy atom. The molecule has 198 valence electrons. The number of cyclic esters (lactones) is 1. The molecule has 2 saturated heterocycles. The lowest BCUT2D eigenvalue weighted by molar-refractivity contribution is -0.145. The molecular weight excluding hydrogens is 522 g/mol. The number of nitrogens with zero attached hydrogens (tertiary/aromatic N) is 4. The number of hydrogen-bond acceptors (Lipinski definition) is 13. The average Bonchev–Trinajstić information content (AvgIpc) is 3.35. The van der Waals surface area contributed by atoms with Crippen molar-refractivity contribution in [3.63, 3.8) is 0 Å². The van der Waals surface area contributed by atoms with Gasteiger partial charge in [0, 0.05) is 18.5 Å². The second-order valence-electron chi connectivity index (χ2n) is 8.34. The highest BCUT2D eigenvalue weighted by Crippen LogP contribution is 2.27. The molecule has 3 atom stereocenters. The molecule has 1 aromatic rings. The van der Waals surface area contributed by atoms with Crippen molar-refractivity contribution < 1.29 is 42.0 Å². The third-order valence-electron chi connectivity index (χ3n) is 5.36. The van der Waals surface area contributed by atoms with Gasteiger partial charge >= 0.3 is 16.4 Å². The first-order valence-electron chi connectivity index (χ1n) is 10.3. The van der Waals surface area contributed by atoms with Crippen LogP contribution in [-0.4, -0.2) is 99.3 Å². The van der Waals surface area contributed by atoms with Crippen molar-refractivity contribution in [3.8, 4) is 0 Å². The molecule has 3 heterocycles. The van der Waals surface area contributed by atoms with Gasteiger partial charge in [-0.25, -0.2) is 14.1 Å². The lowest BCUT2D eigenvalue weighted by Gasteiger charge is -2.45. The van der Waals surface area contributed by atoms with Gasteiger partial charge in [-0.05, 0) is 13.8 Å². The van der Waals surface area contributed by atoms with Crippen molar-refractivity contribution in [3.05, 3.63) is 23.4 Å². The van der Waals surface area contributed by atoms with E-state index >= 15 is 0 Å². The number of anilines is 1. The Morgan fingerprint density at radius 1 is 1.47 bits per heavy atom. The van der Waals surface area contributed by atoms with Gasteiger partial charge in [0.25, 0.3) is 11.8 Å². The van der Waals surface area contributed by atoms with Gasteiger partial charge in [0.1, 0.15) is 23.6 Å². The highest BCUT2D eigenvalue weighted by Gasteiger charge is 2.55. The molecule has 3 amide bonds.